The fourth-order valence-corrected chi connectivity index (χ4v) is 4.70. The Morgan fingerprint density at radius 3 is 2.49 bits per heavy atom. The van der Waals surface area contributed by atoms with E-state index in [2.05, 4.69) is 34.9 Å². The van der Waals surface area contributed by atoms with Crippen LogP contribution in [0, 0.1) is 5.82 Å². The Labute approximate surface area is 210 Å². The Morgan fingerprint density at radius 1 is 1.08 bits per heavy atom. The summed E-state index contributed by atoms with van der Waals surface area (Å²) in [6.45, 7) is 3.04. The van der Waals surface area contributed by atoms with Gasteiger partial charge in [-0.1, -0.05) is 13.0 Å². The van der Waals surface area contributed by atoms with Crippen LogP contribution in [0.15, 0.2) is 47.7 Å². The van der Waals surface area contributed by atoms with Gasteiger partial charge in [-0.05, 0) is 19.1 Å². The van der Waals surface area contributed by atoms with Crippen LogP contribution < -0.4 is 19.8 Å². The fraction of sp³-hybridized carbons (Fsp3) is 0.273. The van der Waals surface area contributed by atoms with Gasteiger partial charge in [0.1, 0.15) is 17.3 Å². The molecule has 0 saturated carbocycles. The van der Waals surface area contributed by atoms with E-state index in [1.807, 2.05) is 0 Å². The Balaban J connectivity index is 1.82. The second-order valence-electron chi connectivity index (χ2n) is 7.87. The molecule has 194 valence electrons. The third-order valence-electron chi connectivity index (χ3n) is 5.64. The average molecular weight is 531 g/mol. The number of halogens is 1. The molecule has 2 N–H and O–H groups in total. The summed E-state index contributed by atoms with van der Waals surface area (Å²) in [6.07, 6.45) is 3.31. The quantitative estimate of drug-likeness (QED) is 0.326. The number of nitrogens with one attached hydrogen (secondary N) is 2. The zero-order valence-electron chi connectivity index (χ0n) is 20.2. The Bertz CT molecular complexity index is 1570. The first kappa shape index (κ1) is 25.7. The van der Waals surface area contributed by atoms with E-state index >= 15 is 0 Å². The second-order valence-corrected chi connectivity index (χ2v) is 9.91. The number of methoxy groups -OCH3 is 2. The topological polar surface area (TPSA) is 167 Å². The summed E-state index contributed by atoms with van der Waals surface area (Å²) in [5.74, 6) is -1.05. The SMILES string of the molecule is COc1cccc(-c2nnc(NS(=O)(=O)[C@@H](C)[C@@H](C)c3ncc(F)cn3)n2-c2c(OC)cc[nH]c2=O)n1. The molecule has 15 heteroatoms. The molecular weight excluding hydrogens is 507 g/mol. The highest BCUT2D eigenvalue weighted by Crippen LogP contribution is 2.30. The predicted molar refractivity (Wildman–Crippen MR) is 131 cm³/mol. The van der Waals surface area contributed by atoms with Gasteiger partial charge in [-0.15, -0.1) is 10.2 Å². The van der Waals surface area contributed by atoms with E-state index in [4.69, 9.17) is 9.47 Å². The minimum atomic E-state index is -4.16. The van der Waals surface area contributed by atoms with Gasteiger partial charge in [-0.2, -0.15) is 0 Å². The van der Waals surface area contributed by atoms with Gasteiger partial charge < -0.3 is 14.5 Å². The molecule has 0 spiro atoms. The number of H-pyrrole nitrogens is 1. The first-order valence-electron chi connectivity index (χ1n) is 10.9. The lowest BCUT2D eigenvalue weighted by Crippen LogP contribution is -2.32. The van der Waals surface area contributed by atoms with Crippen molar-refractivity contribution in [3.05, 3.63) is 64.9 Å². The molecule has 13 nitrogen and oxygen atoms in total. The summed E-state index contributed by atoms with van der Waals surface area (Å²) < 4.78 is 54.1. The molecule has 0 aromatic carbocycles. The van der Waals surface area contributed by atoms with E-state index in [0.29, 0.717) is 0 Å². The maximum atomic E-state index is 13.4. The van der Waals surface area contributed by atoms with Crippen molar-refractivity contribution in [1.29, 1.82) is 0 Å². The van der Waals surface area contributed by atoms with Crippen LogP contribution >= 0.6 is 0 Å². The van der Waals surface area contributed by atoms with Crippen molar-refractivity contribution in [2.24, 2.45) is 0 Å². The van der Waals surface area contributed by atoms with Gasteiger partial charge in [-0.3, -0.25) is 14.1 Å². The molecule has 4 rings (SSSR count). The summed E-state index contributed by atoms with van der Waals surface area (Å²) in [6, 6.07) is 6.36. The Kier molecular flexibility index (Phi) is 7.15. The van der Waals surface area contributed by atoms with Crippen LogP contribution in [0.4, 0.5) is 10.3 Å². The summed E-state index contributed by atoms with van der Waals surface area (Å²) >= 11 is 0. The number of aromatic nitrogens is 7. The lowest BCUT2D eigenvalue weighted by molar-refractivity contribution is 0.398. The minimum Gasteiger partial charge on any atom is -0.494 e. The monoisotopic (exact) mass is 530 g/mol. The molecule has 37 heavy (non-hydrogen) atoms. The van der Waals surface area contributed by atoms with Gasteiger partial charge in [0.25, 0.3) is 5.56 Å². The minimum absolute atomic E-state index is 0.0502. The number of ether oxygens (including phenoxy) is 2. The second kappa shape index (κ2) is 10.3. The van der Waals surface area contributed by atoms with Gasteiger partial charge in [0.15, 0.2) is 17.3 Å². The lowest BCUT2D eigenvalue weighted by atomic mass is 10.1. The summed E-state index contributed by atoms with van der Waals surface area (Å²) in [5.41, 5.74) is -0.413. The molecule has 0 saturated heterocycles. The number of pyridine rings is 2. The highest BCUT2D eigenvalue weighted by Gasteiger charge is 2.32. The van der Waals surface area contributed by atoms with E-state index in [0.717, 1.165) is 12.4 Å². The molecule has 0 aliphatic carbocycles. The highest BCUT2D eigenvalue weighted by molar-refractivity contribution is 7.93. The molecule has 0 radical (unpaired) electrons. The van der Waals surface area contributed by atoms with Crippen LogP contribution in [0.3, 0.4) is 0 Å². The third-order valence-corrected chi connectivity index (χ3v) is 7.49. The molecule has 4 aromatic heterocycles. The number of nitrogens with zero attached hydrogens (tertiary/aromatic N) is 6. The summed E-state index contributed by atoms with van der Waals surface area (Å²) in [7, 11) is -1.36. The summed E-state index contributed by atoms with van der Waals surface area (Å²) in [5, 5.41) is 7.02. The number of hydrogen-bond acceptors (Lipinski definition) is 10. The van der Waals surface area contributed by atoms with Crippen LogP contribution in [0.25, 0.3) is 17.2 Å². The number of hydrogen-bond donors (Lipinski definition) is 2. The first-order valence-corrected chi connectivity index (χ1v) is 12.4. The van der Waals surface area contributed by atoms with Crippen LogP contribution in [-0.2, 0) is 10.0 Å². The van der Waals surface area contributed by atoms with E-state index in [9.17, 15) is 17.6 Å². The van der Waals surface area contributed by atoms with E-state index in [1.54, 1.807) is 25.1 Å². The number of sulfonamides is 1. The Morgan fingerprint density at radius 2 is 1.81 bits per heavy atom. The molecule has 0 unspecified atom stereocenters. The predicted octanol–water partition coefficient (Wildman–Crippen LogP) is 1.90. The molecule has 2 atom stereocenters. The standard InChI is InChI=1S/C22H23FN8O5S/c1-12(19-25-10-14(23)11-26-19)13(2)37(33,34)30-22-29-28-20(15-6-5-7-17(27-15)36-4)31(22)18-16(35-3)8-9-24-21(18)32/h5-13H,1-4H3,(H,24,32)(H,29,30)/t12-,13+/m1/s1. The number of rotatable bonds is 9. The van der Waals surface area contributed by atoms with Crippen molar-refractivity contribution in [3.63, 3.8) is 0 Å². The van der Waals surface area contributed by atoms with Crippen molar-refractivity contribution >= 4 is 16.0 Å². The fourth-order valence-electron chi connectivity index (χ4n) is 3.47. The van der Waals surface area contributed by atoms with Crippen molar-refractivity contribution in [1.82, 2.24) is 34.7 Å². The van der Waals surface area contributed by atoms with Gasteiger partial charge >= 0.3 is 0 Å². The lowest BCUT2D eigenvalue weighted by Gasteiger charge is -2.20. The maximum Gasteiger partial charge on any atom is 0.276 e. The van der Waals surface area contributed by atoms with Gasteiger partial charge in [-0.25, -0.2) is 27.8 Å². The third kappa shape index (κ3) is 5.11. The van der Waals surface area contributed by atoms with Gasteiger partial charge in [0, 0.05) is 18.2 Å². The van der Waals surface area contributed by atoms with E-state index in [-0.39, 0.29) is 40.6 Å². The zero-order valence-corrected chi connectivity index (χ0v) is 21.0. The van der Waals surface area contributed by atoms with Gasteiger partial charge in [0.05, 0.1) is 31.9 Å². The molecular formula is C22H23FN8O5S. The van der Waals surface area contributed by atoms with Crippen LogP contribution in [0.2, 0.25) is 0 Å². The maximum absolute atomic E-state index is 13.4. The molecule has 0 fully saturated rings. The normalized spacial score (nSPS) is 13.1. The zero-order chi connectivity index (χ0) is 26.7. The number of anilines is 1. The summed E-state index contributed by atoms with van der Waals surface area (Å²) in [4.78, 5) is 27.5. The van der Waals surface area contributed by atoms with Crippen LogP contribution in [0.5, 0.6) is 11.6 Å². The molecule has 0 aliphatic rings. The first-order chi connectivity index (χ1) is 17.7. The van der Waals surface area contributed by atoms with E-state index < -0.39 is 32.6 Å². The van der Waals surface area contributed by atoms with Crippen molar-refractivity contribution in [2.45, 2.75) is 25.0 Å². The smallest absolute Gasteiger partial charge is 0.276 e. The van der Waals surface area contributed by atoms with Gasteiger partial charge in [0.2, 0.25) is 21.9 Å². The number of aromatic amines is 1. The Hall–Kier alpha value is -4.40. The van der Waals surface area contributed by atoms with Crippen molar-refractivity contribution in [3.8, 4) is 28.8 Å². The molecule has 4 aromatic rings. The van der Waals surface area contributed by atoms with Crippen molar-refractivity contribution in [2.75, 3.05) is 18.9 Å². The van der Waals surface area contributed by atoms with Crippen LogP contribution in [-0.4, -0.2) is 62.6 Å². The molecule has 0 aliphatic heterocycles. The van der Waals surface area contributed by atoms with E-state index in [1.165, 1.54) is 38.0 Å². The largest absolute Gasteiger partial charge is 0.494 e. The molecule has 0 amide bonds. The van der Waals surface area contributed by atoms with Crippen LogP contribution in [0.1, 0.15) is 25.6 Å². The molecule has 4 heterocycles. The average Bonchev–Trinajstić information content (AvgIpc) is 3.30. The molecule has 0 bridgehead atoms. The highest BCUT2D eigenvalue weighted by atomic mass is 32.2. The van der Waals surface area contributed by atoms with Crippen molar-refractivity contribution < 1.29 is 22.3 Å².